The van der Waals surface area contributed by atoms with Crippen LogP contribution >= 0.6 is 0 Å². The van der Waals surface area contributed by atoms with E-state index in [2.05, 4.69) is 13.8 Å². The van der Waals surface area contributed by atoms with Crippen molar-refractivity contribution >= 4 is 15.5 Å². The number of anilines is 1. The van der Waals surface area contributed by atoms with Gasteiger partial charge in [-0.15, -0.1) is 0 Å². The number of unbranched alkanes of at least 4 members (excludes halogenated alkanes) is 2. The molecule has 1 aliphatic heterocycles. The Bertz CT molecular complexity index is 1020. The van der Waals surface area contributed by atoms with E-state index < -0.39 is 27.3 Å². The van der Waals surface area contributed by atoms with Crippen LogP contribution in [-0.4, -0.2) is 46.6 Å². The minimum Gasteiger partial charge on any atom is -0.497 e. The van der Waals surface area contributed by atoms with Crippen LogP contribution in [0.3, 0.4) is 0 Å². The van der Waals surface area contributed by atoms with E-state index >= 15 is 0 Å². The molecular weight excluding hydrogens is 458 g/mol. The standard InChI is InChI=1S/C27H39NO4S.C2H6/c1-6-8-16-27(17-9-7-2)19-33(30,31)24-15-12-21(28(3)4)18-23(24)25(26(27)29)20-10-13-22(32-5)14-11-20;1-2/h10-15,18,25-26,29H,6-9,16-17,19H2,1-5H3;1-2H3/t25-,26-;/m1./s1. The fourth-order valence-corrected chi connectivity index (χ4v) is 7.39. The van der Waals surface area contributed by atoms with Crippen LogP contribution in [0.25, 0.3) is 0 Å². The van der Waals surface area contributed by atoms with E-state index in [9.17, 15) is 13.5 Å². The molecule has 6 heteroatoms. The molecule has 1 N–H and O–H groups in total. The van der Waals surface area contributed by atoms with Crippen molar-refractivity contribution in [1.82, 2.24) is 0 Å². The zero-order chi connectivity index (χ0) is 26.2. The van der Waals surface area contributed by atoms with Crippen molar-refractivity contribution in [3.63, 3.8) is 0 Å². The summed E-state index contributed by atoms with van der Waals surface area (Å²) in [6.07, 6.45) is 4.31. The molecule has 3 rings (SSSR count). The second-order valence-corrected chi connectivity index (χ2v) is 11.6. The van der Waals surface area contributed by atoms with Crippen molar-refractivity contribution in [2.45, 2.75) is 83.1 Å². The Morgan fingerprint density at radius 3 is 2.06 bits per heavy atom. The van der Waals surface area contributed by atoms with Gasteiger partial charge < -0.3 is 14.7 Å². The lowest BCUT2D eigenvalue weighted by Gasteiger charge is -2.40. The second kappa shape index (κ2) is 12.8. The van der Waals surface area contributed by atoms with E-state index in [1.165, 1.54) is 0 Å². The average molecular weight is 504 g/mol. The third-order valence-electron chi connectivity index (χ3n) is 7.13. The molecule has 0 aliphatic carbocycles. The molecule has 0 amide bonds. The summed E-state index contributed by atoms with van der Waals surface area (Å²) in [6.45, 7) is 8.23. The van der Waals surface area contributed by atoms with Crippen molar-refractivity contribution in [2.75, 3.05) is 31.9 Å². The predicted octanol–water partition coefficient (Wildman–Crippen LogP) is 6.43. The van der Waals surface area contributed by atoms with Gasteiger partial charge in [0.1, 0.15) is 5.75 Å². The molecule has 0 saturated heterocycles. The van der Waals surface area contributed by atoms with Gasteiger partial charge in [0, 0.05) is 31.1 Å². The number of nitrogens with zero attached hydrogens (tertiary/aromatic N) is 1. The second-order valence-electron chi connectivity index (χ2n) is 9.64. The van der Waals surface area contributed by atoms with Crippen LogP contribution in [0, 0.1) is 5.41 Å². The van der Waals surface area contributed by atoms with Crippen molar-refractivity contribution in [3.05, 3.63) is 53.6 Å². The molecule has 1 aliphatic rings. The van der Waals surface area contributed by atoms with Gasteiger partial charge in [0.2, 0.25) is 0 Å². The highest BCUT2D eigenvalue weighted by molar-refractivity contribution is 7.91. The first-order valence-corrected chi connectivity index (χ1v) is 14.7. The van der Waals surface area contributed by atoms with Crippen LogP contribution < -0.4 is 9.64 Å². The largest absolute Gasteiger partial charge is 0.497 e. The minimum absolute atomic E-state index is 0.0118. The molecule has 2 aromatic carbocycles. The van der Waals surface area contributed by atoms with E-state index in [0.29, 0.717) is 23.3 Å². The average Bonchev–Trinajstić information content (AvgIpc) is 2.93. The molecule has 0 saturated carbocycles. The smallest absolute Gasteiger partial charge is 0.179 e. The zero-order valence-electron chi connectivity index (χ0n) is 22.7. The Balaban J connectivity index is 0.00000210. The number of aliphatic hydroxyl groups excluding tert-OH is 1. The summed E-state index contributed by atoms with van der Waals surface area (Å²) in [5.41, 5.74) is 1.83. The zero-order valence-corrected chi connectivity index (χ0v) is 23.5. The SMILES string of the molecule is CC.CCCCC1(CCCC)CS(=O)(=O)c2ccc(N(C)C)cc2[C@@H](c2ccc(OC)cc2)[C@H]1O. The molecule has 0 unspecified atom stereocenters. The van der Waals surface area contributed by atoms with Gasteiger partial charge in [0.15, 0.2) is 9.84 Å². The third kappa shape index (κ3) is 6.39. The van der Waals surface area contributed by atoms with E-state index in [4.69, 9.17) is 4.74 Å². The summed E-state index contributed by atoms with van der Waals surface area (Å²) < 4.78 is 32.9. The molecule has 5 nitrogen and oxygen atoms in total. The lowest BCUT2D eigenvalue weighted by Crippen LogP contribution is -2.43. The Hall–Kier alpha value is -2.05. The highest BCUT2D eigenvalue weighted by Gasteiger charge is 2.49. The van der Waals surface area contributed by atoms with Crippen LogP contribution in [0.15, 0.2) is 47.4 Å². The maximum atomic E-state index is 13.8. The maximum absolute atomic E-state index is 13.8. The molecular formula is C29H45NO4S. The van der Waals surface area contributed by atoms with Crippen molar-refractivity contribution in [2.24, 2.45) is 5.41 Å². The summed E-state index contributed by atoms with van der Waals surface area (Å²) >= 11 is 0. The van der Waals surface area contributed by atoms with E-state index in [-0.39, 0.29) is 5.75 Å². The van der Waals surface area contributed by atoms with E-state index in [1.54, 1.807) is 13.2 Å². The Morgan fingerprint density at radius 2 is 1.57 bits per heavy atom. The predicted molar refractivity (Wildman–Crippen MR) is 146 cm³/mol. The number of benzene rings is 2. The van der Waals surface area contributed by atoms with Gasteiger partial charge in [0.05, 0.1) is 23.9 Å². The quantitative estimate of drug-likeness (QED) is 0.427. The van der Waals surface area contributed by atoms with Crippen LogP contribution in [0.4, 0.5) is 5.69 Å². The fraction of sp³-hybridized carbons (Fsp3) is 0.586. The molecule has 0 radical (unpaired) electrons. The minimum atomic E-state index is -3.58. The first kappa shape index (κ1) is 29.2. The molecule has 2 aromatic rings. The monoisotopic (exact) mass is 503 g/mol. The highest BCUT2D eigenvalue weighted by Crippen LogP contribution is 2.50. The van der Waals surface area contributed by atoms with Crippen molar-refractivity contribution < 1.29 is 18.3 Å². The summed E-state index contributed by atoms with van der Waals surface area (Å²) in [7, 11) is 1.93. The first-order valence-electron chi connectivity index (χ1n) is 13.0. The van der Waals surface area contributed by atoms with Gasteiger partial charge in [-0.2, -0.15) is 0 Å². The van der Waals surface area contributed by atoms with Crippen LogP contribution in [0.5, 0.6) is 5.75 Å². The summed E-state index contributed by atoms with van der Waals surface area (Å²) in [4.78, 5) is 2.32. The lowest BCUT2D eigenvalue weighted by molar-refractivity contribution is 0.0127. The normalized spacial score (nSPS) is 20.1. The number of hydrogen-bond donors (Lipinski definition) is 1. The molecule has 35 heavy (non-hydrogen) atoms. The Labute approximate surface area is 213 Å². The first-order chi connectivity index (χ1) is 16.7. The number of ether oxygens (including phenoxy) is 1. The molecule has 0 spiro atoms. The third-order valence-corrected chi connectivity index (χ3v) is 9.13. The number of rotatable bonds is 9. The van der Waals surface area contributed by atoms with E-state index in [0.717, 1.165) is 42.7 Å². The van der Waals surface area contributed by atoms with Gasteiger partial charge in [-0.3, -0.25) is 0 Å². The molecule has 196 valence electrons. The van der Waals surface area contributed by atoms with E-state index in [1.807, 2.05) is 69.2 Å². The Kier molecular flexibility index (Phi) is 10.6. The summed E-state index contributed by atoms with van der Waals surface area (Å²) in [5.74, 6) is 0.291. The van der Waals surface area contributed by atoms with Gasteiger partial charge in [-0.1, -0.05) is 65.5 Å². The lowest BCUT2D eigenvalue weighted by atomic mass is 9.68. The molecule has 0 bridgehead atoms. The van der Waals surface area contributed by atoms with Crippen LogP contribution in [0.1, 0.15) is 83.3 Å². The Morgan fingerprint density at radius 1 is 1.00 bits per heavy atom. The molecule has 2 atom stereocenters. The van der Waals surface area contributed by atoms with Gasteiger partial charge >= 0.3 is 0 Å². The molecule has 1 heterocycles. The highest BCUT2D eigenvalue weighted by atomic mass is 32.2. The van der Waals surface area contributed by atoms with Gasteiger partial charge in [-0.05, 0) is 54.3 Å². The van der Waals surface area contributed by atoms with Crippen LogP contribution in [0.2, 0.25) is 0 Å². The fourth-order valence-electron chi connectivity index (χ4n) is 5.20. The summed E-state index contributed by atoms with van der Waals surface area (Å²) in [6, 6.07) is 13.2. The molecule has 0 fully saturated rings. The van der Waals surface area contributed by atoms with Crippen molar-refractivity contribution in [1.29, 1.82) is 0 Å². The van der Waals surface area contributed by atoms with Gasteiger partial charge in [0.25, 0.3) is 0 Å². The number of sulfone groups is 1. The number of hydrogen-bond acceptors (Lipinski definition) is 5. The maximum Gasteiger partial charge on any atom is 0.179 e. The number of methoxy groups -OCH3 is 1. The number of fused-ring (bicyclic) bond motifs is 1. The number of aliphatic hydroxyl groups is 1. The van der Waals surface area contributed by atoms with Crippen LogP contribution in [-0.2, 0) is 9.84 Å². The summed E-state index contributed by atoms with van der Waals surface area (Å²) in [5, 5.41) is 12.1. The van der Waals surface area contributed by atoms with Crippen molar-refractivity contribution in [3.8, 4) is 5.75 Å². The topological polar surface area (TPSA) is 66.8 Å². The van der Waals surface area contributed by atoms with Gasteiger partial charge in [-0.25, -0.2) is 8.42 Å². The molecule has 0 aromatic heterocycles.